The van der Waals surface area contributed by atoms with Crippen LogP contribution in [-0.4, -0.2) is 64.1 Å². The summed E-state index contributed by atoms with van der Waals surface area (Å²) in [5.74, 6) is -0.445. The molecule has 0 aliphatic carbocycles. The van der Waals surface area contributed by atoms with Crippen molar-refractivity contribution in [2.24, 2.45) is 0 Å². The first-order chi connectivity index (χ1) is 15.5. The van der Waals surface area contributed by atoms with Gasteiger partial charge in [0.05, 0.1) is 29.7 Å². The lowest BCUT2D eigenvalue weighted by Gasteiger charge is -2.34. The van der Waals surface area contributed by atoms with E-state index in [-0.39, 0.29) is 17.6 Å². The summed E-state index contributed by atoms with van der Waals surface area (Å²) in [6, 6.07) is 15.4. The van der Waals surface area contributed by atoms with Gasteiger partial charge < -0.3 is 10.2 Å². The van der Waals surface area contributed by atoms with Crippen molar-refractivity contribution in [3.63, 3.8) is 0 Å². The van der Waals surface area contributed by atoms with E-state index >= 15 is 0 Å². The molecule has 1 aliphatic rings. The first-order valence-corrected chi connectivity index (χ1v) is 10.7. The van der Waals surface area contributed by atoms with Gasteiger partial charge in [0.15, 0.2) is 0 Å². The average molecular weight is 436 g/mol. The van der Waals surface area contributed by atoms with Crippen molar-refractivity contribution in [1.82, 2.24) is 19.6 Å². The lowest BCUT2D eigenvalue weighted by atomic mass is 10.1. The van der Waals surface area contributed by atoms with E-state index < -0.39 is 0 Å². The Labute approximate surface area is 186 Å². The van der Waals surface area contributed by atoms with E-state index in [4.69, 9.17) is 0 Å². The van der Waals surface area contributed by atoms with Gasteiger partial charge in [-0.25, -0.2) is 9.07 Å². The molecule has 7 nitrogen and oxygen atoms in total. The Bertz CT molecular complexity index is 1070. The Balaban J connectivity index is 1.36. The second-order valence-corrected chi connectivity index (χ2v) is 7.73. The van der Waals surface area contributed by atoms with Gasteiger partial charge in [0.1, 0.15) is 5.82 Å². The molecule has 166 valence electrons. The fraction of sp³-hybridized carbons (Fsp3) is 0.292. The number of benzene rings is 2. The molecule has 0 spiro atoms. The van der Waals surface area contributed by atoms with Crippen LogP contribution in [0.1, 0.15) is 23.0 Å². The highest BCUT2D eigenvalue weighted by Gasteiger charge is 2.26. The van der Waals surface area contributed by atoms with Gasteiger partial charge in [-0.3, -0.25) is 14.5 Å². The Morgan fingerprint density at radius 1 is 1.00 bits per heavy atom. The van der Waals surface area contributed by atoms with Gasteiger partial charge in [0.25, 0.3) is 5.91 Å². The van der Waals surface area contributed by atoms with Crippen LogP contribution < -0.4 is 5.32 Å². The molecule has 0 bridgehead atoms. The molecular weight excluding hydrogens is 409 g/mol. The smallest absolute Gasteiger partial charge is 0.257 e. The largest absolute Gasteiger partial charge is 0.336 e. The molecular formula is C24H26FN5O2. The second kappa shape index (κ2) is 9.74. The third-order valence-corrected chi connectivity index (χ3v) is 5.59. The first-order valence-electron chi connectivity index (χ1n) is 10.7. The van der Waals surface area contributed by atoms with Crippen LogP contribution in [0.15, 0.2) is 60.8 Å². The number of carbonyl (C=O) groups is 2. The number of hydrogen-bond donors (Lipinski definition) is 1. The van der Waals surface area contributed by atoms with Crippen LogP contribution in [0.2, 0.25) is 0 Å². The number of para-hydroxylation sites is 1. The van der Waals surface area contributed by atoms with E-state index in [9.17, 15) is 14.0 Å². The molecule has 8 heteroatoms. The number of aromatic nitrogens is 2. The standard InChI is InChI=1S/C24H26FN5O2/c1-2-22-21(16-26-30(22)20-10-8-18(25)9-11-20)24(32)29-14-12-28(13-15-29)17-23(31)27-19-6-4-3-5-7-19/h3-11,16H,2,12-15,17H2,1H3,(H,27,31). The van der Waals surface area contributed by atoms with Gasteiger partial charge in [-0.2, -0.15) is 5.10 Å². The normalized spacial score (nSPS) is 14.4. The average Bonchev–Trinajstić information content (AvgIpc) is 3.24. The molecule has 1 fully saturated rings. The number of nitrogens with zero attached hydrogens (tertiary/aromatic N) is 4. The monoisotopic (exact) mass is 435 g/mol. The van der Waals surface area contributed by atoms with E-state index in [1.165, 1.54) is 12.1 Å². The minimum Gasteiger partial charge on any atom is -0.336 e. The van der Waals surface area contributed by atoms with Crippen LogP contribution in [0.4, 0.5) is 10.1 Å². The molecule has 3 aromatic rings. The van der Waals surface area contributed by atoms with Crippen LogP contribution >= 0.6 is 0 Å². The van der Waals surface area contributed by atoms with Crippen molar-refractivity contribution < 1.29 is 14.0 Å². The van der Waals surface area contributed by atoms with Gasteiger partial charge >= 0.3 is 0 Å². The lowest BCUT2D eigenvalue weighted by molar-refractivity contribution is -0.117. The predicted molar refractivity (Wildman–Crippen MR) is 120 cm³/mol. The first kappa shape index (κ1) is 21.7. The second-order valence-electron chi connectivity index (χ2n) is 7.73. The van der Waals surface area contributed by atoms with Crippen molar-refractivity contribution in [2.75, 3.05) is 38.0 Å². The van der Waals surface area contributed by atoms with E-state index in [1.54, 1.807) is 27.9 Å². The summed E-state index contributed by atoms with van der Waals surface area (Å²) in [7, 11) is 0. The summed E-state index contributed by atoms with van der Waals surface area (Å²) in [5, 5.41) is 7.27. The molecule has 0 atom stereocenters. The minimum absolute atomic E-state index is 0.0650. The number of anilines is 1. The molecule has 1 N–H and O–H groups in total. The summed E-state index contributed by atoms with van der Waals surface area (Å²) in [4.78, 5) is 29.3. The topological polar surface area (TPSA) is 70.5 Å². The summed E-state index contributed by atoms with van der Waals surface area (Å²) in [6.45, 7) is 4.60. The highest BCUT2D eigenvalue weighted by atomic mass is 19.1. The fourth-order valence-corrected chi connectivity index (χ4v) is 3.90. The Kier molecular flexibility index (Phi) is 6.61. The SMILES string of the molecule is CCc1c(C(=O)N2CCN(CC(=O)Nc3ccccc3)CC2)cnn1-c1ccc(F)cc1. The van der Waals surface area contributed by atoms with Crippen LogP contribution in [-0.2, 0) is 11.2 Å². The minimum atomic E-state index is -0.314. The fourth-order valence-electron chi connectivity index (χ4n) is 3.90. The molecule has 0 saturated carbocycles. The van der Waals surface area contributed by atoms with Crippen LogP contribution in [0.3, 0.4) is 0 Å². The maximum absolute atomic E-state index is 13.3. The van der Waals surface area contributed by atoms with Crippen molar-refractivity contribution in [1.29, 1.82) is 0 Å². The van der Waals surface area contributed by atoms with Gasteiger partial charge in [0.2, 0.25) is 5.91 Å². The number of amides is 2. The Morgan fingerprint density at radius 3 is 2.34 bits per heavy atom. The molecule has 1 aromatic heterocycles. The van der Waals surface area contributed by atoms with Crippen LogP contribution in [0, 0.1) is 5.82 Å². The molecule has 2 heterocycles. The van der Waals surface area contributed by atoms with Gasteiger partial charge in [0, 0.05) is 31.9 Å². The number of piperazine rings is 1. The zero-order chi connectivity index (χ0) is 22.5. The number of halogens is 1. The van der Waals surface area contributed by atoms with Crippen molar-refractivity contribution in [3.8, 4) is 5.69 Å². The molecule has 1 saturated heterocycles. The molecule has 0 unspecified atom stereocenters. The third kappa shape index (κ3) is 4.86. The van der Waals surface area contributed by atoms with Crippen LogP contribution in [0.25, 0.3) is 5.69 Å². The zero-order valence-electron chi connectivity index (χ0n) is 18.0. The van der Waals surface area contributed by atoms with E-state index in [0.29, 0.717) is 44.7 Å². The summed E-state index contributed by atoms with van der Waals surface area (Å²) >= 11 is 0. The number of rotatable bonds is 6. The molecule has 1 aliphatic heterocycles. The van der Waals surface area contributed by atoms with Crippen molar-refractivity contribution in [3.05, 3.63) is 77.9 Å². The Morgan fingerprint density at radius 2 is 1.69 bits per heavy atom. The highest BCUT2D eigenvalue weighted by molar-refractivity contribution is 5.95. The van der Waals surface area contributed by atoms with Gasteiger partial charge in [-0.1, -0.05) is 25.1 Å². The summed E-state index contributed by atoms with van der Waals surface area (Å²) in [5.41, 5.74) is 2.85. The number of nitrogens with one attached hydrogen (secondary N) is 1. The Hall–Kier alpha value is -3.52. The number of hydrogen-bond acceptors (Lipinski definition) is 4. The summed E-state index contributed by atoms with van der Waals surface area (Å²) in [6.07, 6.45) is 2.21. The maximum atomic E-state index is 13.3. The zero-order valence-corrected chi connectivity index (χ0v) is 18.0. The quantitative estimate of drug-likeness (QED) is 0.646. The van der Waals surface area contributed by atoms with E-state index in [2.05, 4.69) is 10.4 Å². The molecule has 0 radical (unpaired) electrons. The van der Waals surface area contributed by atoms with Crippen molar-refractivity contribution in [2.45, 2.75) is 13.3 Å². The van der Waals surface area contributed by atoms with Crippen molar-refractivity contribution >= 4 is 17.5 Å². The molecule has 2 amide bonds. The molecule has 32 heavy (non-hydrogen) atoms. The lowest BCUT2D eigenvalue weighted by Crippen LogP contribution is -2.50. The third-order valence-electron chi connectivity index (χ3n) is 5.59. The molecule has 4 rings (SSSR count). The summed E-state index contributed by atoms with van der Waals surface area (Å²) < 4.78 is 15.0. The van der Waals surface area contributed by atoms with Gasteiger partial charge in [-0.05, 0) is 42.8 Å². The predicted octanol–water partition coefficient (Wildman–Crippen LogP) is 2.97. The van der Waals surface area contributed by atoms with E-state index in [1.807, 2.05) is 42.2 Å². The molecule has 2 aromatic carbocycles. The highest BCUT2D eigenvalue weighted by Crippen LogP contribution is 2.19. The number of carbonyl (C=O) groups excluding carboxylic acids is 2. The van der Waals surface area contributed by atoms with Gasteiger partial charge in [-0.15, -0.1) is 0 Å². The maximum Gasteiger partial charge on any atom is 0.257 e. The van der Waals surface area contributed by atoms with E-state index in [0.717, 1.165) is 17.1 Å². The van der Waals surface area contributed by atoms with Crippen LogP contribution in [0.5, 0.6) is 0 Å².